The van der Waals surface area contributed by atoms with Crippen LogP contribution >= 0.6 is 11.6 Å². The molecule has 0 radical (unpaired) electrons. The molecule has 5 nitrogen and oxygen atoms in total. The third-order valence-electron chi connectivity index (χ3n) is 6.05. The Hall–Kier alpha value is -3.36. The molecule has 0 unspecified atom stereocenters. The van der Waals surface area contributed by atoms with E-state index in [4.69, 9.17) is 16.4 Å². The van der Waals surface area contributed by atoms with E-state index in [2.05, 4.69) is 0 Å². The van der Waals surface area contributed by atoms with Gasteiger partial charge in [0.15, 0.2) is 6.10 Å². The lowest BCUT2D eigenvalue weighted by molar-refractivity contribution is -0.144. The average molecular weight is 487 g/mol. The van der Waals surface area contributed by atoms with Crippen molar-refractivity contribution in [1.29, 1.82) is 0 Å². The zero-order valence-corrected chi connectivity index (χ0v) is 18.3. The number of rotatable bonds is 4. The molecule has 0 aliphatic carbocycles. The minimum absolute atomic E-state index is 0.0928. The first-order valence-electron chi connectivity index (χ1n) is 10.5. The summed E-state index contributed by atoms with van der Waals surface area (Å²) < 4.78 is 39.3. The summed E-state index contributed by atoms with van der Waals surface area (Å²) in [7, 11) is 0. The molecule has 174 valence electrons. The normalized spacial score (nSPS) is 22.4. The number of anilines is 1. The van der Waals surface area contributed by atoms with Crippen molar-refractivity contribution in [1.82, 2.24) is 4.90 Å². The van der Waals surface area contributed by atoms with E-state index in [0.29, 0.717) is 16.3 Å². The standard InChI is InChI=1S/C25H18ClF3N2O3/c26-18-10-12-19(13-11-18)31-21(16-6-8-17(9-7-16)25(27,28)29)20-22(34-31)24(33)30(23(20)32)14-15-4-2-1-3-5-15/h1-13,20-22H,14H2/t20-,21+,22+/m1/s1. The van der Waals surface area contributed by atoms with Gasteiger partial charge >= 0.3 is 6.18 Å². The van der Waals surface area contributed by atoms with E-state index in [0.717, 1.165) is 22.6 Å². The van der Waals surface area contributed by atoms with Crippen LogP contribution in [0.2, 0.25) is 5.02 Å². The number of alkyl halides is 3. The minimum atomic E-state index is -4.49. The monoisotopic (exact) mass is 486 g/mol. The summed E-state index contributed by atoms with van der Waals surface area (Å²) in [5, 5.41) is 1.90. The van der Waals surface area contributed by atoms with Gasteiger partial charge in [-0.15, -0.1) is 0 Å². The molecule has 2 heterocycles. The van der Waals surface area contributed by atoms with E-state index in [-0.39, 0.29) is 6.54 Å². The molecule has 2 amide bonds. The summed E-state index contributed by atoms with van der Waals surface area (Å²) >= 11 is 5.99. The molecule has 0 saturated carbocycles. The fourth-order valence-electron chi connectivity index (χ4n) is 4.41. The summed E-state index contributed by atoms with van der Waals surface area (Å²) in [5.74, 6) is -1.82. The number of benzene rings is 3. The Bertz CT molecular complexity index is 1220. The van der Waals surface area contributed by atoms with Gasteiger partial charge in [0, 0.05) is 5.02 Å². The van der Waals surface area contributed by atoms with Crippen molar-refractivity contribution in [2.45, 2.75) is 24.9 Å². The molecule has 2 fully saturated rings. The molecule has 3 aromatic carbocycles. The van der Waals surface area contributed by atoms with E-state index in [1.165, 1.54) is 17.2 Å². The maximum atomic E-state index is 13.4. The fourth-order valence-corrected chi connectivity index (χ4v) is 4.54. The number of hydrogen-bond donors (Lipinski definition) is 0. The number of carbonyl (C=O) groups is 2. The zero-order chi connectivity index (χ0) is 24.0. The molecule has 0 bridgehead atoms. The van der Waals surface area contributed by atoms with Crippen molar-refractivity contribution in [2.24, 2.45) is 5.92 Å². The lowest BCUT2D eigenvalue weighted by Crippen LogP contribution is -2.37. The highest BCUT2D eigenvalue weighted by atomic mass is 35.5. The van der Waals surface area contributed by atoms with Crippen LogP contribution in [0, 0.1) is 5.92 Å². The second-order valence-corrected chi connectivity index (χ2v) is 8.60. The lowest BCUT2D eigenvalue weighted by Gasteiger charge is -2.29. The van der Waals surface area contributed by atoms with E-state index < -0.39 is 41.6 Å². The van der Waals surface area contributed by atoms with Crippen molar-refractivity contribution < 1.29 is 27.6 Å². The first-order chi connectivity index (χ1) is 16.2. The van der Waals surface area contributed by atoms with Gasteiger partial charge in [-0.2, -0.15) is 13.2 Å². The van der Waals surface area contributed by atoms with Gasteiger partial charge in [0.1, 0.15) is 5.92 Å². The lowest BCUT2D eigenvalue weighted by atomic mass is 9.90. The van der Waals surface area contributed by atoms with E-state index in [1.54, 1.807) is 24.3 Å². The number of likely N-dealkylation sites (tertiary alicyclic amines) is 1. The summed E-state index contributed by atoms with van der Waals surface area (Å²) in [6.45, 7) is 0.0928. The number of amides is 2. The number of hydrogen-bond acceptors (Lipinski definition) is 4. The molecule has 9 heteroatoms. The van der Waals surface area contributed by atoms with Gasteiger partial charge in [0.25, 0.3) is 5.91 Å². The van der Waals surface area contributed by atoms with Crippen LogP contribution in [-0.4, -0.2) is 22.8 Å². The molecule has 3 aromatic rings. The van der Waals surface area contributed by atoms with Gasteiger partial charge in [0.05, 0.1) is 23.8 Å². The maximum Gasteiger partial charge on any atom is 0.416 e. The maximum absolute atomic E-state index is 13.4. The first-order valence-corrected chi connectivity index (χ1v) is 10.9. The molecular formula is C25H18ClF3N2O3. The van der Waals surface area contributed by atoms with Crippen LogP contribution in [0.1, 0.15) is 22.7 Å². The Morgan fingerprint density at radius 1 is 0.853 bits per heavy atom. The number of nitrogens with zero attached hydrogens (tertiary/aromatic N) is 2. The smallest absolute Gasteiger partial charge is 0.275 e. The summed E-state index contributed by atoms with van der Waals surface area (Å²) in [4.78, 5) is 33.8. The van der Waals surface area contributed by atoms with E-state index in [1.807, 2.05) is 30.3 Å². The van der Waals surface area contributed by atoms with E-state index in [9.17, 15) is 22.8 Å². The Kier molecular flexibility index (Phi) is 5.58. The number of carbonyl (C=O) groups excluding carboxylic acids is 2. The van der Waals surface area contributed by atoms with Gasteiger partial charge in [-0.3, -0.25) is 19.3 Å². The van der Waals surface area contributed by atoms with Crippen molar-refractivity contribution >= 4 is 29.1 Å². The number of fused-ring (bicyclic) bond motifs is 1. The highest BCUT2D eigenvalue weighted by molar-refractivity contribution is 6.30. The van der Waals surface area contributed by atoms with Crippen molar-refractivity contribution in [3.63, 3.8) is 0 Å². The van der Waals surface area contributed by atoms with Crippen LogP contribution in [-0.2, 0) is 27.1 Å². The molecule has 0 aromatic heterocycles. The van der Waals surface area contributed by atoms with E-state index >= 15 is 0 Å². The Balaban J connectivity index is 1.52. The first kappa shape index (κ1) is 22.4. The Morgan fingerprint density at radius 3 is 2.12 bits per heavy atom. The van der Waals surface area contributed by atoms with Gasteiger partial charge in [-0.05, 0) is 47.5 Å². The topological polar surface area (TPSA) is 49.9 Å². The van der Waals surface area contributed by atoms with Crippen molar-refractivity contribution in [3.05, 3.63) is 101 Å². The van der Waals surface area contributed by atoms with Crippen LogP contribution in [0.25, 0.3) is 0 Å². The third kappa shape index (κ3) is 3.93. The van der Waals surface area contributed by atoms with Crippen LogP contribution in [0.5, 0.6) is 0 Å². The quantitative estimate of drug-likeness (QED) is 0.463. The van der Waals surface area contributed by atoms with Gasteiger partial charge in [-0.25, -0.2) is 5.06 Å². The third-order valence-corrected chi connectivity index (χ3v) is 6.30. The molecule has 3 atom stereocenters. The highest BCUT2D eigenvalue weighted by Crippen LogP contribution is 2.47. The zero-order valence-electron chi connectivity index (χ0n) is 17.6. The predicted molar refractivity (Wildman–Crippen MR) is 118 cm³/mol. The van der Waals surface area contributed by atoms with Crippen LogP contribution < -0.4 is 5.06 Å². The molecule has 2 aliphatic heterocycles. The average Bonchev–Trinajstić information content (AvgIpc) is 3.32. The molecule has 0 spiro atoms. The Labute approximate surface area is 198 Å². The molecule has 0 N–H and O–H groups in total. The second-order valence-electron chi connectivity index (χ2n) is 8.17. The van der Waals surface area contributed by atoms with Crippen molar-refractivity contribution in [3.8, 4) is 0 Å². The number of halogens is 4. The molecule has 5 rings (SSSR count). The summed E-state index contributed by atoms with van der Waals surface area (Å²) in [5.41, 5.74) is 0.936. The highest BCUT2D eigenvalue weighted by Gasteiger charge is 2.59. The van der Waals surface area contributed by atoms with Gasteiger partial charge in [0.2, 0.25) is 5.91 Å². The minimum Gasteiger partial charge on any atom is -0.275 e. The largest absolute Gasteiger partial charge is 0.416 e. The summed E-state index contributed by atoms with van der Waals surface area (Å²) in [6, 6.07) is 19.4. The number of imide groups is 1. The molecule has 2 saturated heterocycles. The fraction of sp³-hybridized carbons (Fsp3) is 0.200. The molecular weight excluding hydrogens is 469 g/mol. The van der Waals surface area contributed by atoms with Crippen LogP contribution in [0.3, 0.4) is 0 Å². The van der Waals surface area contributed by atoms with Gasteiger partial charge in [-0.1, -0.05) is 54.1 Å². The second kappa shape index (κ2) is 8.45. The summed E-state index contributed by atoms with van der Waals surface area (Å²) in [6.07, 6.45) is -5.58. The predicted octanol–water partition coefficient (Wildman–Crippen LogP) is 5.41. The Morgan fingerprint density at radius 2 is 1.50 bits per heavy atom. The number of hydroxylamine groups is 1. The van der Waals surface area contributed by atoms with Gasteiger partial charge < -0.3 is 0 Å². The molecule has 34 heavy (non-hydrogen) atoms. The van der Waals surface area contributed by atoms with Crippen LogP contribution in [0.15, 0.2) is 78.9 Å². The van der Waals surface area contributed by atoms with Crippen LogP contribution in [0.4, 0.5) is 18.9 Å². The molecule has 2 aliphatic rings. The SMILES string of the molecule is O=C1[C@H]2[C@H](ON(c3ccc(Cl)cc3)[C@H]2c2ccc(C(F)(F)F)cc2)C(=O)N1Cc1ccccc1. The van der Waals surface area contributed by atoms with Crippen molar-refractivity contribution in [2.75, 3.05) is 5.06 Å².